The van der Waals surface area contributed by atoms with E-state index in [0.29, 0.717) is 19.6 Å². The fourth-order valence-corrected chi connectivity index (χ4v) is 1.25. The number of rotatable bonds is 7. The molecular weight excluding hydrogens is 216 g/mol. The van der Waals surface area contributed by atoms with Gasteiger partial charge in [-0.3, -0.25) is 4.79 Å². The van der Waals surface area contributed by atoms with Gasteiger partial charge in [0.2, 0.25) is 5.91 Å². The molecule has 3 N–H and O–H groups in total. The normalized spacial score (nSPS) is 13.9. The number of ether oxygens (including phenoxy) is 1. The van der Waals surface area contributed by atoms with E-state index < -0.39 is 5.54 Å². The SMILES string of the molecule is CCCC(C)(N)C(=O)NCCCOC.Cl. The zero-order chi connectivity index (χ0) is 11.0. The zero-order valence-corrected chi connectivity index (χ0v) is 10.7. The van der Waals surface area contributed by atoms with Gasteiger partial charge in [-0.05, 0) is 19.8 Å². The van der Waals surface area contributed by atoms with Crippen LogP contribution in [0.2, 0.25) is 0 Å². The van der Waals surface area contributed by atoms with Gasteiger partial charge < -0.3 is 15.8 Å². The Kier molecular flexibility index (Phi) is 10.2. The molecule has 1 amide bonds. The van der Waals surface area contributed by atoms with Crippen LogP contribution >= 0.6 is 12.4 Å². The number of carbonyl (C=O) groups is 1. The van der Waals surface area contributed by atoms with Crippen LogP contribution in [0.25, 0.3) is 0 Å². The lowest BCUT2D eigenvalue weighted by molar-refractivity contribution is -0.126. The predicted molar refractivity (Wildman–Crippen MR) is 64.3 cm³/mol. The standard InChI is InChI=1S/C10H22N2O2.ClH/c1-4-6-10(2,11)9(13)12-7-5-8-14-3;/h4-8,11H2,1-3H3,(H,12,13);1H. The number of nitrogens with one attached hydrogen (secondary N) is 1. The Morgan fingerprint density at radius 1 is 1.53 bits per heavy atom. The molecule has 0 radical (unpaired) electrons. The smallest absolute Gasteiger partial charge is 0.239 e. The van der Waals surface area contributed by atoms with E-state index in [9.17, 15) is 4.79 Å². The first kappa shape index (κ1) is 17.1. The molecule has 0 saturated heterocycles. The highest BCUT2D eigenvalue weighted by Gasteiger charge is 2.26. The van der Waals surface area contributed by atoms with Gasteiger partial charge in [0, 0.05) is 20.3 Å². The molecule has 0 fully saturated rings. The summed E-state index contributed by atoms with van der Waals surface area (Å²) in [7, 11) is 1.64. The molecule has 1 unspecified atom stereocenters. The fourth-order valence-electron chi connectivity index (χ4n) is 1.25. The molecule has 0 saturated carbocycles. The van der Waals surface area contributed by atoms with Gasteiger partial charge >= 0.3 is 0 Å². The lowest BCUT2D eigenvalue weighted by Crippen LogP contribution is -2.51. The van der Waals surface area contributed by atoms with E-state index in [1.54, 1.807) is 14.0 Å². The molecule has 0 rings (SSSR count). The molecule has 92 valence electrons. The maximum absolute atomic E-state index is 11.5. The molecule has 0 aromatic heterocycles. The van der Waals surface area contributed by atoms with Crippen LogP contribution in [0.3, 0.4) is 0 Å². The first-order valence-corrected chi connectivity index (χ1v) is 5.10. The van der Waals surface area contributed by atoms with Crippen molar-refractivity contribution in [2.75, 3.05) is 20.3 Å². The number of nitrogens with two attached hydrogens (primary N) is 1. The number of hydrogen-bond donors (Lipinski definition) is 2. The third-order valence-corrected chi connectivity index (χ3v) is 2.10. The Labute approximate surface area is 98.3 Å². The summed E-state index contributed by atoms with van der Waals surface area (Å²) in [6.07, 6.45) is 2.45. The molecular formula is C10H23ClN2O2. The van der Waals surface area contributed by atoms with Crippen molar-refractivity contribution < 1.29 is 9.53 Å². The minimum Gasteiger partial charge on any atom is -0.385 e. The monoisotopic (exact) mass is 238 g/mol. The van der Waals surface area contributed by atoms with E-state index in [0.717, 1.165) is 12.8 Å². The van der Waals surface area contributed by atoms with Gasteiger partial charge in [0.15, 0.2) is 0 Å². The van der Waals surface area contributed by atoms with E-state index in [4.69, 9.17) is 10.5 Å². The third-order valence-electron chi connectivity index (χ3n) is 2.10. The Hall–Kier alpha value is -0.320. The maximum atomic E-state index is 11.5. The van der Waals surface area contributed by atoms with Crippen molar-refractivity contribution >= 4 is 18.3 Å². The highest BCUT2D eigenvalue weighted by atomic mass is 35.5. The van der Waals surface area contributed by atoms with E-state index in [2.05, 4.69) is 5.32 Å². The van der Waals surface area contributed by atoms with Crippen LogP contribution in [0, 0.1) is 0 Å². The first-order chi connectivity index (χ1) is 6.54. The second-order valence-corrected chi connectivity index (χ2v) is 3.77. The molecule has 5 heteroatoms. The first-order valence-electron chi connectivity index (χ1n) is 5.10. The lowest BCUT2D eigenvalue weighted by atomic mass is 9.96. The molecule has 0 aliphatic rings. The molecule has 0 aromatic rings. The summed E-state index contributed by atoms with van der Waals surface area (Å²) in [5.41, 5.74) is 5.11. The molecule has 0 heterocycles. The summed E-state index contributed by atoms with van der Waals surface area (Å²) >= 11 is 0. The summed E-state index contributed by atoms with van der Waals surface area (Å²) in [6.45, 7) is 5.07. The van der Waals surface area contributed by atoms with Crippen LogP contribution < -0.4 is 11.1 Å². The second kappa shape index (κ2) is 8.95. The van der Waals surface area contributed by atoms with E-state index in [1.165, 1.54) is 0 Å². The number of amides is 1. The minimum absolute atomic E-state index is 0. The molecule has 1 atom stereocenters. The summed E-state index contributed by atoms with van der Waals surface area (Å²) in [5, 5.41) is 2.80. The molecule has 0 aliphatic carbocycles. The average Bonchev–Trinajstić information content (AvgIpc) is 2.12. The number of halogens is 1. The summed E-state index contributed by atoms with van der Waals surface area (Å²) < 4.78 is 4.87. The van der Waals surface area contributed by atoms with E-state index >= 15 is 0 Å². The van der Waals surface area contributed by atoms with Crippen molar-refractivity contribution in [1.29, 1.82) is 0 Å². The molecule has 0 aromatic carbocycles. The van der Waals surface area contributed by atoms with E-state index in [1.807, 2.05) is 6.92 Å². The average molecular weight is 239 g/mol. The topological polar surface area (TPSA) is 64.4 Å². The van der Waals surface area contributed by atoms with Crippen LogP contribution in [-0.2, 0) is 9.53 Å². The fraction of sp³-hybridized carbons (Fsp3) is 0.900. The Morgan fingerprint density at radius 2 is 2.13 bits per heavy atom. The van der Waals surface area contributed by atoms with E-state index in [-0.39, 0.29) is 18.3 Å². The zero-order valence-electron chi connectivity index (χ0n) is 9.84. The van der Waals surface area contributed by atoms with Gasteiger partial charge in [-0.15, -0.1) is 12.4 Å². The quantitative estimate of drug-likeness (QED) is 0.653. The van der Waals surface area contributed by atoms with Crippen LogP contribution in [0.15, 0.2) is 0 Å². The number of methoxy groups -OCH3 is 1. The van der Waals surface area contributed by atoms with Gasteiger partial charge in [-0.2, -0.15) is 0 Å². The van der Waals surface area contributed by atoms with Crippen LogP contribution in [0.4, 0.5) is 0 Å². The van der Waals surface area contributed by atoms with Gasteiger partial charge in [-0.1, -0.05) is 13.3 Å². The lowest BCUT2D eigenvalue weighted by Gasteiger charge is -2.22. The predicted octanol–water partition coefficient (Wildman–Crippen LogP) is 1.08. The summed E-state index contributed by atoms with van der Waals surface area (Å²) in [5.74, 6) is -0.0737. The Balaban J connectivity index is 0. The molecule has 0 aliphatic heterocycles. The van der Waals surface area contributed by atoms with Crippen molar-refractivity contribution in [1.82, 2.24) is 5.32 Å². The molecule has 15 heavy (non-hydrogen) atoms. The van der Waals surface area contributed by atoms with Crippen LogP contribution in [0.5, 0.6) is 0 Å². The summed E-state index contributed by atoms with van der Waals surface area (Å²) in [4.78, 5) is 11.5. The molecule has 0 spiro atoms. The van der Waals surface area contributed by atoms with Crippen LogP contribution in [0.1, 0.15) is 33.1 Å². The second-order valence-electron chi connectivity index (χ2n) is 3.77. The Morgan fingerprint density at radius 3 is 2.60 bits per heavy atom. The van der Waals surface area contributed by atoms with Gasteiger partial charge in [0.05, 0.1) is 5.54 Å². The van der Waals surface area contributed by atoms with Gasteiger partial charge in [-0.25, -0.2) is 0 Å². The van der Waals surface area contributed by atoms with Crippen LogP contribution in [-0.4, -0.2) is 31.7 Å². The highest BCUT2D eigenvalue weighted by molar-refractivity contribution is 5.85. The minimum atomic E-state index is -0.734. The summed E-state index contributed by atoms with van der Waals surface area (Å²) in [6, 6.07) is 0. The van der Waals surface area contributed by atoms with Gasteiger partial charge in [0.25, 0.3) is 0 Å². The van der Waals surface area contributed by atoms with Crippen molar-refractivity contribution in [3.05, 3.63) is 0 Å². The van der Waals surface area contributed by atoms with Crippen molar-refractivity contribution in [2.24, 2.45) is 5.73 Å². The highest BCUT2D eigenvalue weighted by Crippen LogP contribution is 2.07. The van der Waals surface area contributed by atoms with Crippen molar-refractivity contribution in [3.8, 4) is 0 Å². The molecule has 4 nitrogen and oxygen atoms in total. The number of carbonyl (C=O) groups excluding carboxylic acids is 1. The molecule has 0 bridgehead atoms. The van der Waals surface area contributed by atoms with Crippen molar-refractivity contribution in [3.63, 3.8) is 0 Å². The Bertz CT molecular complexity index is 175. The largest absolute Gasteiger partial charge is 0.385 e. The number of hydrogen-bond acceptors (Lipinski definition) is 3. The maximum Gasteiger partial charge on any atom is 0.239 e. The van der Waals surface area contributed by atoms with Gasteiger partial charge in [0.1, 0.15) is 0 Å². The third kappa shape index (κ3) is 7.59. The van der Waals surface area contributed by atoms with Crippen molar-refractivity contribution in [2.45, 2.75) is 38.6 Å².